The average Bonchev–Trinajstić information content (AvgIpc) is 2.55. The molecule has 100 valence electrons. The van der Waals surface area contributed by atoms with Crippen LogP contribution in [0.25, 0.3) is 0 Å². The van der Waals surface area contributed by atoms with Crippen molar-refractivity contribution < 1.29 is 14.4 Å². The van der Waals surface area contributed by atoms with Crippen molar-refractivity contribution in [2.75, 3.05) is 18.0 Å². The van der Waals surface area contributed by atoms with E-state index < -0.39 is 11.7 Å². The lowest BCUT2D eigenvalue weighted by Gasteiger charge is -2.18. The highest BCUT2D eigenvalue weighted by Gasteiger charge is 2.37. The molecular formula is C14H16N2O3. The van der Waals surface area contributed by atoms with E-state index in [1.807, 2.05) is 19.9 Å². The normalized spacial score (nSPS) is 13.7. The lowest BCUT2D eigenvalue weighted by molar-refractivity contribution is -0.122. The van der Waals surface area contributed by atoms with Crippen molar-refractivity contribution in [3.63, 3.8) is 0 Å². The Morgan fingerprint density at radius 3 is 2.58 bits per heavy atom. The lowest BCUT2D eigenvalue weighted by atomic mass is 10.0. The number of hydrogen-bond acceptors (Lipinski definition) is 3. The van der Waals surface area contributed by atoms with Gasteiger partial charge in [0.1, 0.15) is 6.54 Å². The van der Waals surface area contributed by atoms with Crippen LogP contribution in [0.5, 0.6) is 0 Å². The summed E-state index contributed by atoms with van der Waals surface area (Å²) in [7, 11) is 0. The van der Waals surface area contributed by atoms with Crippen LogP contribution in [0.4, 0.5) is 5.69 Å². The molecule has 2 amide bonds. The van der Waals surface area contributed by atoms with Crippen LogP contribution in [0, 0.1) is 13.8 Å². The fourth-order valence-electron chi connectivity index (χ4n) is 2.38. The quantitative estimate of drug-likeness (QED) is 0.823. The van der Waals surface area contributed by atoms with E-state index >= 15 is 0 Å². The van der Waals surface area contributed by atoms with Crippen molar-refractivity contribution in [3.05, 3.63) is 28.8 Å². The molecule has 0 saturated carbocycles. The summed E-state index contributed by atoms with van der Waals surface area (Å²) in [6.45, 7) is 5.89. The van der Waals surface area contributed by atoms with Crippen LogP contribution in [-0.4, -0.2) is 30.7 Å². The van der Waals surface area contributed by atoms with Crippen LogP contribution in [-0.2, 0) is 9.59 Å². The van der Waals surface area contributed by atoms with Crippen molar-refractivity contribution in [1.29, 1.82) is 0 Å². The summed E-state index contributed by atoms with van der Waals surface area (Å²) in [5.41, 5.74) is 2.72. The Morgan fingerprint density at radius 1 is 1.26 bits per heavy atom. The molecule has 0 saturated heterocycles. The molecule has 1 aromatic carbocycles. The fraction of sp³-hybridized carbons (Fsp3) is 0.357. The third-order valence-electron chi connectivity index (χ3n) is 3.07. The number of likely N-dealkylation sites (N-methyl/N-ethyl adjacent to an activating group) is 1. The standard InChI is InChI=1S/C14H16N2O3/c1-4-15-11(17)7-16-12-9(3)5-8(2)6-10(12)13(18)14(16)19/h5-6H,4,7H2,1-3H3,(H,15,17). The molecule has 0 radical (unpaired) electrons. The maximum Gasteiger partial charge on any atom is 0.299 e. The number of anilines is 1. The summed E-state index contributed by atoms with van der Waals surface area (Å²) < 4.78 is 0. The number of carbonyl (C=O) groups is 3. The number of nitrogens with one attached hydrogen (secondary N) is 1. The molecule has 0 unspecified atom stereocenters. The molecule has 2 rings (SSSR count). The molecule has 0 fully saturated rings. The summed E-state index contributed by atoms with van der Waals surface area (Å²) >= 11 is 0. The molecule has 5 heteroatoms. The van der Waals surface area contributed by atoms with Gasteiger partial charge in [-0.15, -0.1) is 0 Å². The second-order valence-corrected chi connectivity index (χ2v) is 4.65. The number of hydrogen-bond donors (Lipinski definition) is 1. The number of rotatable bonds is 3. The Hall–Kier alpha value is -2.17. The molecule has 5 nitrogen and oxygen atoms in total. The third-order valence-corrected chi connectivity index (χ3v) is 3.07. The van der Waals surface area contributed by atoms with E-state index in [1.54, 1.807) is 13.0 Å². The predicted molar refractivity (Wildman–Crippen MR) is 71.3 cm³/mol. The monoisotopic (exact) mass is 260 g/mol. The summed E-state index contributed by atoms with van der Waals surface area (Å²) in [6, 6.07) is 3.59. The van der Waals surface area contributed by atoms with Gasteiger partial charge in [0, 0.05) is 6.54 Å². The van der Waals surface area contributed by atoms with E-state index in [2.05, 4.69) is 5.32 Å². The van der Waals surface area contributed by atoms with Crippen LogP contribution in [0.3, 0.4) is 0 Å². The van der Waals surface area contributed by atoms with Gasteiger partial charge in [-0.3, -0.25) is 19.3 Å². The first-order chi connectivity index (χ1) is 8.95. The molecule has 0 aliphatic carbocycles. The van der Waals surface area contributed by atoms with E-state index in [1.165, 1.54) is 4.90 Å². The number of carbonyl (C=O) groups excluding carboxylic acids is 3. The molecular weight excluding hydrogens is 244 g/mol. The molecule has 1 aliphatic rings. The van der Waals surface area contributed by atoms with Gasteiger partial charge in [-0.2, -0.15) is 0 Å². The number of fused-ring (bicyclic) bond motifs is 1. The second-order valence-electron chi connectivity index (χ2n) is 4.65. The fourth-order valence-corrected chi connectivity index (χ4v) is 2.38. The Morgan fingerprint density at radius 2 is 1.95 bits per heavy atom. The Balaban J connectivity index is 2.41. The molecule has 0 aromatic heterocycles. The largest absolute Gasteiger partial charge is 0.355 e. The Kier molecular flexibility index (Phi) is 3.38. The highest BCUT2D eigenvalue weighted by molar-refractivity contribution is 6.52. The Bertz CT molecular complexity index is 578. The summed E-state index contributed by atoms with van der Waals surface area (Å²) in [6.07, 6.45) is 0. The third kappa shape index (κ3) is 2.23. The van der Waals surface area contributed by atoms with Gasteiger partial charge in [0.05, 0.1) is 11.3 Å². The molecule has 19 heavy (non-hydrogen) atoms. The first-order valence-corrected chi connectivity index (χ1v) is 6.19. The minimum Gasteiger partial charge on any atom is -0.355 e. The number of nitrogens with zero attached hydrogens (tertiary/aromatic N) is 1. The first-order valence-electron chi connectivity index (χ1n) is 6.19. The van der Waals surface area contributed by atoms with E-state index in [0.717, 1.165) is 11.1 Å². The predicted octanol–water partition coefficient (Wildman–Crippen LogP) is 0.969. The Labute approximate surface area is 111 Å². The number of Topliss-reactive ketones (excluding diaryl/α,β-unsaturated/α-hetero) is 1. The lowest BCUT2D eigenvalue weighted by Crippen LogP contribution is -2.40. The van der Waals surface area contributed by atoms with Crippen LogP contribution in [0.1, 0.15) is 28.4 Å². The van der Waals surface area contributed by atoms with Gasteiger partial charge >= 0.3 is 0 Å². The maximum absolute atomic E-state index is 12.0. The zero-order valence-corrected chi connectivity index (χ0v) is 11.2. The van der Waals surface area contributed by atoms with Gasteiger partial charge in [-0.1, -0.05) is 6.07 Å². The maximum atomic E-state index is 12.0. The number of ketones is 1. The van der Waals surface area contributed by atoms with Gasteiger partial charge in [-0.25, -0.2) is 0 Å². The van der Waals surface area contributed by atoms with E-state index in [4.69, 9.17) is 0 Å². The second kappa shape index (κ2) is 4.84. The number of benzene rings is 1. The first kappa shape index (κ1) is 13.3. The van der Waals surface area contributed by atoms with Crippen molar-refractivity contribution in [2.45, 2.75) is 20.8 Å². The van der Waals surface area contributed by atoms with Crippen LogP contribution < -0.4 is 10.2 Å². The highest BCUT2D eigenvalue weighted by Crippen LogP contribution is 2.33. The average molecular weight is 260 g/mol. The number of aryl methyl sites for hydroxylation is 2. The molecule has 0 bridgehead atoms. The zero-order valence-electron chi connectivity index (χ0n) is 11.2. The molecule has 1 aromatic rings. The van der Waals surface area contributed by atoms with Gasteiger partial charge in [0.15, 0.2) is 0 Å². The SMILES string of the molecule is CCNC(=O)CN1C(=O)C(=O)c2cc(C)cc(C)c21. The van der Waals surface area contributed by atoms with Crippen molar-refractivity contribution in [3.8, 4) is 0 Å². The highest BCUT2D eigenvalue weighted by atomic mass is 16.2. The van der Waals surface area contributed by atoms with E-state index in [-0.39, 0.29) is 12.5 Å². The van der Waals surface area contributed by atoms with Gasteiger partial charge in [0.25, 0.3) is 11.7 Å². The summed E-state index contributed by atoms with van der Waals surface area (Å²) in [5.74, 6) is -1.43. The minimum absolute atomic E-state index is 0.116. The number of amides is 2. The topological polar surface area (TPSA) is 66.5 Å². The van der Waals surface area contributed by atoms with Crippen LogP contribution in [0.2, 0.25) is 0 Å². The molecule has 1 aliphatic heterocycles. The smallest absolute Gasteiger partial charge is 0.299 e. The molecule has 1 heterocycles. The van der Waals surface area contributed by atoms with Crippen molar-refractivity contribution >= 4 is 23.3 Å². The zero-order chi connectivity index (χ0) is 14.2. The molecule has 0 spiro atoms. The van der Waals surface area contributed by atoms with Crippen LogP contribution >= 0.6 is 0 Å². The van der Waals surface area contributed by atoms with Gasteiger partial charge < -0.3 is 5.32 Å². The van der Waals surface area contributed by atoms with Crippen molar-refractivity contribution in [1.82, 2.24) is 5.32 Å². The summed E-state index contributed by atoms with van der Waals surface area (Å²) in [5, 5.41) is 2.63. The van der Waals surface area contributed by atoms with Gasteiger partial charge in [0.2, 0.25) is 5.91 Å². The van der Waals surface area contributed by atoms with E-state index in [9.17, 15) is 14.4 Å². The molecule has 1 N–H and O–H groups in total. The van der Waals surface area contributed by atoms with Crippen LogP contribution in [0.15, 0.2) is 12.1 Å². The molecule has 0 atom stereocenters. The summed E-state index contributed by atoms with van der Waals surface area (Å²) in [4.78, 5) is 36.8. The van der Waals surface area contributed by atoms with E-state index in [0.29, 0.717) is 17.8 Å². The van der Waals surface area contributed by atoms with Crippen molar-refractivity contribution in [2.24, 2.45) is 0 Å². The van der Waals surface area contributed by atoms with Gasteiger partial charge in [-0.05, 0) is 38.0 Å². The minimum atomic E-state index is -0.630.